The number of benzene rings is 3. The number of halogens is 2. The largest absolute Gasteiger partial charge is 0.355 e. The van der Waals surface area contributed by atoms with Gasteiger partial charge in [0.25, 0.3) is 0 Å². The van der Waals surface area contributed by atoms with Crippen molar-refractivity contribution >= 4 is 45.8 Å². The van der Waals surface area contributed by atoms with Crippen LogP contribution in [0.15, 0.2) is 60.7 Å². The van der Waals surface area contributed by atoms with E-state index in [2.05, 4.69) is 23.5 Å². The van der Waals surface area contributed by atoms with Crippen LogP contribution in [0.25, 0.3) is 10.8 Å². The Morgan fingerprint density at radius 2 is 1.74 bits per heavy atom. The fourth-order valence-electron chi connectivity index (χ4n) is 3.63. The van der Waals surface area contributed by atoms with Gasteiger partial charge in [-0.2, -0.15) is 0 Å². The molecule has 0 heterocycles. The Kier molecular flexibility index (Phi) is 7.94. The molecular formula is C25H26Cl2N2O2. The van der Waals surface area contributed by atoms with E-state index in [0.717, 1.165) is 21.9 Å². The third-order valence-corrected chi connectivity index (χ3v) is 6.08. The van der Waals surface area contributed by atoms with E-state index in [-0.39, 0.29) is 18.4 Å². The van der Waals surface area contributed by atoms with Gasteiger partial charge in [-0.1, -0.05) is 71.7 Å². The summed E-state index contributed by atoms with van der Waals surface area (Å²) in [4.78, 5) is 27.3. The first-order valence-electron chi connectivity index (χ1n) is 10.4. The molecule has 0 radical (unpaired) electrons. The minimum absolute atomic E-state index is 0.0854. The van der Waals surface area contributed by atoms with Crippen LogP contribution in [0.3, 0.4) is 0 Å². The van der Waals surface area contributed by atoms with Gasteiger partial charge in [-0.15, -0.1) is 0 Å². The lowest BCUT2D eigenvalue weighted by Crippen LogP contribution is -2.47. The molecule has 0 unspecified atom stereocenters. The quantitative estimate of drug-likeness (QED) is 0.477. The molecule has 0 aliphatic carbocycles. The molecule has 3 rings (SSSR count). The first kappa shape index (κ1) is 23.1. The molecular weight excluding hydrogens is 431 g/mol. The van der Waals surface area contributed by atoms with Crippen LogP contribution in [0.2, 0.25) is 10.0 Å². The van der Waals surface area contributed by atoms with E-state index >= 15 is 0 Å². The van der Waals surface area contributed by atoms with E-state index in [4.69, 9.17) is 23.2 Å². The Hall–Kier alpha value is -2.56. The zero-order valence-electron chi connectivity index (χ0n) is 17.7. The fraction of sp³-hybridized carbons (Fsp3) is 0.280. The predicted octanol–water partition coefficient (Wildman–Crippen LogP) is 5.63. The summed E-state index contributed by atoms with van der Waals surface area (Å²) < 4.78 is 0. The van der Waals surface area contributed by atoms with Gasteiger partial charge in [0.1, 0.15) is 6.04 Å². The molecule has 0 fully saturated rings. The molecule has 0 saturated heterocycles. The predicted molar refractivity (Wildman–Crippen MR) is 127 cm³/mol. The van der Waals surface area contributed by atoms with Crippen LogP contribution >= 0.6 is 23.2 Å². The van der Waals surface area contributed by atoms with Crippen LogP contribution in [0.4, 0.5) is 0 Å². The number of rotatable bonds is 8. The maximum atomic E-state index is 13.2. The first-order chi connectivity index (χ1) is 14.9. The average molecular weight is 457 g/mol. The second-order valence-electron chi connectivity index (χ2n) is 7.48. The van der Waals surface area contributed by atoms with Gasteiger partial charge < -0.3 is 10.2 Å². The first-order valence-corrected chi connectivity index (χ1v) is 11.1. The highest BCUT2D eigenvalue weighted by Crippen LogP contribution is 2.24. The van der Waals surface area contributed by atoms with Crippen molar-refractivity contribution < 1.29 is 9.59 Å². The summed E-state index contributed by atoms with van der Waals surface area (Å²) in [5, 5.41) is 5.98. The van der Waals surface area contributed by atoms with E-state index in [1.54, 1.807) is 24.0 Å². The van der Waals surface area contributed by atoms with E-state index in [0.29, 0.717) is 29.4 Å². The molecule has 0 bridgehead atoms. The number of hydrogen-bond donors (Lipinski definition) is 1. The summed E-state index contributed by atoms with van der Waals surface area (Å²) in [6.45, 7) is 4.39. The minimum Gasteiger partial charge on any atom is -0.355 e. The summed E-state index contributed by atoms with van der Waals surface area (Å²) in [5.74, 6) is -0.265. The Morgan fingerprint density at radius 3 is 2.48 bits per heavy atom. The van der Waals surface area contributed by atoms with Gasteiger partial charge in [0.05, 0.1) is 10.0 Å². The molecule has 6 heteroatoms. The molecule has 1 atom stereocenters. The lowest BCUT2D eigenvalue weighted by molar-refractivity contribution is -0.140. The van der Waals surface area contributed by atoms with E-state index in [1.165, 1.54) is 0 Å². The van der Waals surface area contributed by atoms with Gasteiger partial charge in [-0.25, -0.2) is 0 Å². The number of carbonyl (C=O) groups excluding carboxylic acids is 2. The van der Waals surface area contributed by atoms with E-state index < -0.39 is 6.04 Å². The Morgan fingerprint density at radius 1 is 1.00 bits per heavy atom. The van der Waals surface area contributed by atoms with Gasteiger partial charge in [0, 0.05) is 19.5 Å². The maximum absolute atomic E-state index is 13.2. The summed E-state index contributed by atoms with van der Waals surface area (Å²) in [5.41, 5.74) is 1.94. The van der Waals surface area contributed by atoms with E-state index in [9.17, 15) is 9.59 Å². The molecule has 0 aliphatic heterocycles. The van der Waals surface area contributed by atoms with Gasteiger partial charge in [-0.3, -0.25) is 9.59 Å². The van der Waals surface area contributed by atoms with Gasteiger partial charge >= 0.3 is 0 Å². The van der Waals surface area contributed by atoms with Gasteiger partial charge in [-0.05, 0) is 54.3 Å². The maximum Gasteiger partial charge on any atom is 0.242 e. The van der Waals surface area contributed by atoms with Crippen molar-refractivity contribution in [2.24, 2.45) is 0 Å². The number of nitrogens with one attached hydrogen (secondary N) is 1. The van der Waals surface area contributed by atoms with Crippen LogP contribution in [0, 0.1) is 0 Å². The highest BCUT2D eigenvalue weighted by molar-refractivity contribution is 6.42. The molecule has 3 aromatic rings. The average Bonchev–Trinajstić information content (AvgIpc) is 2.77. The standard InChI is InChI=1S/C25H26Cl2N2O2/c1-3-28-25(31)17(2)29(16-18-11-13-22(26)23(27)15-18)24(30)14-12-20-9-6-8-19-7-4-5-10-21(19)20/h4-11,13,15,17H,3,12,14,16H2,1-2H3,(H,28,31)/t17-/m1/s1. The van der Waals surface area contributed by atoms with Gasteiger partial charge in [0.2, 0.25) is 11.8 Å². The van der Waals surface area contributed by atoms with Crippen LogP contribution in [-0.2, 0) is 22.6 Å². The number of hydrogen-bond acceptors (Lipinski definition) is 2. The molecule has 162 valence electrons. The number of carbonyl (C=O) groups is 2. The molecule has 31 heavy (non-hydrogen) atoms. The van der Waals surface area contributed by atoms with Crippen LogP contribution in [0.5, 0.6) is 0 Å². The highest BCUT2D eigenvalue weighted by Gasteiger charge is 2.25. The second-order valence-corrected chi connectivity index (χ2v) is 8.29. The molecule has 0 saturated carbocycles. The molecule has 0 aromatic heterocycles. The Balaban J connectivity index is 1.80. The summed E-state index contributed by atoms with van der Waals surface area (Å²) in [7, 11) is 0. The minimum atomic E-state index is -0.602. The SMILES string of the molecule is CCNC(=O)[C@@H](C)N(Cc1ccc(Cl)c(Cl)c1)C(=O)CCc1cccc2ccccc12. The normalized spacial score (nSPS) is 11.9. The summed E-state index contributed by atoms with van der Waals surface area (Å²) in [6, 6.07) is 18.9. The third-order valence-electron chi connectivity index (χ3n) is 5.34. The highest BCUT2D eigenvalue weighted by atomic mass is 35.5. The Labute approximate surface area is 193 Å². The van der Waals surface area contributed by atoms with E-state index in [1.807, 2.05) is 37.3 Å². The summed E-state index contributed by atoms with van der Waals surface area (Å²) >= 11 is 12.2. The zero-order chi connectivity index (χ0) is 22.4. The molecule has 1 N–H and O–H groups in total. The number of likely N-dealkylation sites (N-methyl/N-ethyl adjacent to an activating group) is 1. The van der Waals surface area contributed by atoms with Crippen molar-refractivity contribution in [3.05, 3.63) is 81.8 Å². The lowest BCUT2D eigenvalue weighted by atomic mass is 10.0. The second kappa shape index (κ2) is 10.7. The Bertz CT molecular complexity index is 1080. The van der Waals surface area contributed by atoms with Crippen molar-refractivity contribution in [1.29, 1.82) is 0 Å². The lowest BCUT2D eigenvalue weighted by Gasteiger charge is -2.29. The smallest absolute Gasteiger partial charge is 0.242 e. The zero-order valence-corrected chi connectivity index (χ0v) is 19.2. The van der Waals surface area contributed by atoms with Gasteiger partial charge in [0.15, 0.2) is 0 Å². The van der Waals surface area contributed by atoms with Crippen molar-refractivity contribution in [2.45, 2.75) is 39.3 Å². The monoisotopic (exact) mass is 456 g/mol. The molecule has 4 nitrogen and oxygen atoms in total. The topological polar surface area (TPSA) is 49.4 Å². The van der Waals surface area contributed by atoms with Crippen LogP contribution < -0.4 is 5.32 Å². The van der Waals surface area contributed by atoms with Crippen molar-refractivity contribution in [3.8, 4) is 0 Å². The number of amides is 2. The fourth-order valence-corrected chi connectivity index (χ4v) is 3.96. The molecule has 0 aliphatic rings. The van der Waals surface area contributed by atoms with Crippen molar-refractivity contribution in [3.63, 3.8) is 0 Å². The number of fused-ring (bicyclic) bond motifs is 1. The van der Waals surface area contributed by atoms with Crippen LogP contribution in [-0.4, -0.2) is 29.3 Å². The van der Waals surface area contributed by atoms with Crippen molar-refractivity contribution in [1.82, 2.24) is 10.2 Å². The molecule has 3 aromatic carbocycles. The number of nitrogens with zero attached hydrogens (tertiary/aromatic N) is 1. The summed E-state index contributed by atoms with van der Waals surface area (Å²) in [6.07, 6.45) is 0.902. The molecule has 0 spiro atoms. The third kappa shape index (κ3) is 5.78. The number of aryl methyl sites for hydroxylation is 1. The van der Waals surface area contributed by atoms with Crippen LogP contribution in [0.1, 0.15) is 31.4 Å². The van der Waals surface area contributed by atoms with Crippen molar-refractivity contribution in [2.75, 3.05) is 6.54 Å². The molecule has 2 amide bonds.